The van der Waals surface area contributed by atoms with Crippen LogP contribution in [0.3, 0.4) is 0 Å². The molecule has 0 saturated heterocycles. The van der Waals surface area contributed by atoms with Gasteiger partial charge in [-0.1, -0.05) is 26.2 Å². The molecule has 0 aliphatic heterocycles. The van der Waals surface area contributed by atoms with Crippen LogP contribution in [0, 0.1) is 5.41 Å². The second-order valence-electron chi connectivity index (χ2n) is 5.97. The van der Waals surface area contributed by atoms with Crippen molar-refractivity contribution >= 4 is 11.9 Å². The van der Waals surface area contributed by atoms with E-state index in [0.29, 0.717) is 6.54 Å². The van der Waals surface area contributed by atoms with Gasteiger partial charge in [0.1, 0.15) is 12.2 Å². The molecule has 0 radical (unpaired) electrons. The van der Waals surface area contributed by atoms with Crippen molar-refractivity contribution in [3.63, 3.8) is 0 Å². The van der Waals surface area contributed by atoms with E-state index in [1.54, 1.807) is 12.3 Å². The number of carboxylic acid groups (broad SMARTS) is 1. The van der Waals surface area contributed by atoms with E-state index in [2.05, 4.69) is 12.2 Å². The molecular weight excluding hydrogens is 256 g/mol. The summed E-state index contributed by atoms with van der Waals surface area (Å²) in [5.41, 5.74) is 0.337. The molecule has 0 spiro atoms. The van der Waals surface area contributed by atoms with Crippen LogP contribution >= 0.6 is 0 Å². The van der Waals surface area contributed by atoms with Gasteiger partial charge in [0.2, 0.25) is 5.91 Å². The zero-order valence-corrected chi connectivity index (χ0v) is 11.9. The van der Waals surface area contributed by atoms with Crippen LogP contribution in [0.15, 0.2) is 18.3 Å². The molecule has 1 aromatic heterocycles. The van der Waals surface area contributed by atoms with Gasteiger partial charge in [-0.25, -0.2) is 4.79 Å². The predicted octanol–water partition coefficient (Wildman–Crippen LogP) is 2.27. The molecule has 1 heterocycles. The number of hydrogen-bond donors (Lipinski definition) is 2. The molecule has 2 rings (SSSR count). The van der Waals surface area contributed by atoms with E-state index < -0.39 is 5.97 Å². The Hall–Kier alpha value is -1.78. The summed E-state index contributed by atoms with van der Waals surface area (Å²) >= 11 is 0. The molecule has 0 atom stereocenters. The van der Waals surface area contributed by atoms with Crippen LogP contribution in [-0.2, 0) is 11.3 Å². The van der Waals surface area contributed by atoms with Gasteiger partial charge >= 0.3 is 5.97 Å². The summed E-state index contributed by atoms with van der Waals surface area (Å²) in [7, 11) is 0. The maximum atomic E-state index is 11.9. The quantitative estimate of drug-likeness (QED) is 0.868. The number of aromatic carboxylic acids is 1. The Bertz CT molecular complexity index is 487. The fraction of sp³-hybridized carbons (Fsp3) is 0.600. The second kappa shape index (κ2) is 6.11. The second-order valence-corrected chi connectivity index (χ2v) is 5.97. The van der Waals surface area contributed by atoms with Crippen LogP contribution in [0.5, 0.6) is 0 Å². The monoisotopic (exact) mass is 278 g/mol. The average Bonchev–Trinajstić information content (AvgIpc) is 2.86. The zero-order valence-electron chi connectivity index (χ0n) is 11.9. The molecule has 110 valence electrons. The van der Waals surface area contributed by atoms with Crippen LogP contribution in [0.2, 0.25) is 0 Å². The van der Waals surface area contributed by atoms with Crippen molar-refractivity contribution in [2.75, 3.05) is 6.54 Å². The molecule has 0 aromatic carbocycles. The Kier molecular flexibility index (Phi) is 4.47. The van der Waals surface area contributed by atoms with Crippen LogP contribution in [0.25, 0.3) is 0 Å². The van der Waals surface area contributed by atoms with E-state index >= 15 is 0 Å². The molecule has 1 amide bonds. The number of carbonyl (C=O) groups is 2. The molecule has 5 nitrogen and oxygen atoms in total. The summed E-state index contributed by atoms with van der Waals surface area (Å²) in [6, 6.07) is 3.14. The fourth-order valence-electron chi connectivity index (χ4n) is 2.85. The number of aromatic nitrogens is 1. The molecular formula is C15H22N2O3. The van der Waals surface area contributed by atoms with E-state index in [9.17, 15) is 9.59 Å². The highest BCUT2D eigenvalue weighted by Crippen LogP contribution is 2.34. The molecule has 1 fully saturated rings. The first-order valence-corrected chi connectivity index (χ1v) is 7.15. The van der Waals surface area contributed by atoms with Gasteiger partial charge in [-0.05, 0) is 30.4 Å². The predicted molar refractivity (Wildman–Crippen MR) is 75.6 cm³/mol. The third-order valence-corrected chi connectivity index (χ3v) is 4.14. The smallest absolute Gasteiger partial charge is 0.352 e. The Morgan fingerprint density at radius 3 is 2.70 bits per heavy atom. The molecule has 2 N–H and O–H groups in total. The largest absolute Gasteiger partial charge is 0.477 e. The Balaban J connectivity index is 1.86. The highest BCUT2D eigenvalue weighted by Gasteiger charge is 2.27. The number of rotatable bonds is 5. The number of hydrogen-bond acceptors (Lipinski definition) is 2. The van der Waals surface area contributed by atoms with Crippen LogP contribution in [0.4, 0.5) is 0 Å². The Labute approximate surface area is 119 Å². The Morgan fingerprint density at radius 1 is 1.35 bits per heavy atom. The number of carboxylic acids is 1. The Morgan fingerprint density at radius 2 is 2.05 bits per heavy atom. The highest BCUT2D eigenvalue weighted by molar-refractivity contribution is 5.86. The van der Waals surface area contributed by atoms with Crippen LogP contribution in [-0.4, -0.2) is 28.1 Å². The third kappa shape index (κ3) is 3.62. The first-order valence-electron chi connectivity index (χ1n) is 7.15. The molecule has 1 aromatic rings. The standard InChI is InChI=1S/C15H22N2O3/c1-15(7-3-2-4-8-15)11-16-13(18)10-17-9-5-6-12(17)14(19)20/h5-6,9H,2-4,7-8,10-11H2,1H3,(H,16,18)(H,19,20). The van der Waals surface area contributed by atoms with Gasteiger partial charge in [-0.15, -0.1) is 0 Å². The number of nitrogens with one attached hydrogen (secondary N) is 1. The normalized spacial score (nSPS) is 17.6. The van der Waals surface area contributed by atoms with E-state index in [0.717, 1.165) is 12.8 Å². The van der Waals surface area contributed by atoms with Gasteiger partial charge < -0.3 is 15.0 Å². The van der Waals surface area contributed by atoms with Gasteiger partial charge in [-0.2, -0.15) is 0 Å². The SMILES string of the molecule is CC1(CNC(=O)Cn2cccc2C(=O)O)CCCCC1. The lowest BCUT2D eigenvalue weighted by Gasteiger charge is -2.33. The van der Waals surface area contributed by atoms with Crippen molar-refractivity contribution in [1.82, 2.24) is 9.88 Å². The molecule has 1 aliphatic carbocycles. The number of carbonyl (C=O) groups excluding carboxylic acids is 1. The lowest BCUT2D eigenvalue weighted by Crippen LogP contribution is -2.38. The van der Waals surface area contributed by atoms with Gasteiger partial charge in [0.25, 0.3) is 0 Å². The summed E-state index contributed by atoms with van der Waals surface area (Å²) < 4.78 is 1.46. The summed E-state index contributed by atoms with van der Waals surface area (Å²) in [5, 5.41) is 11.9. The van der Waals surface area contributed by atoms with Gasteiger partial charge in [-0.3, -0.25) is 4.79 Å². The van der Waals surface area contributed by atoms with Crippen molar-refractivity contribution in [2.45, 2.75) is 45.6 Å². The highest BCUT2D eigenvalue weighted by atomic mass is 16.4. The molecule has 20 heavy (non-hydrogen) atoms. The zero-order chi connectivity index (χ0) is 14.6. The fourth-order valence-corrected chi connectivity index (χ4v) is 2.85. The lowest BCUT2D eigenvalue weighted by molar-refractivity contribution is -0.122. The maximum absolute atomic E-state index is 11.9. The van der Waals surface area contributed by atoms with Crippen molar-refractivity contribution in [3.8, 4) is 0 Å². The topological polar surface area (TPSA) is 71.3 Å². The van der Waals surface area contributed by atoms with Gasteiger partial charge in [0.15, 0.2) is 0 Å². The van der Waals surface area contributed by atoms with Crippen LogP contribution < -0.4 is 5.32 Å². The van der Waals surface area contributed by atoms with E-state index in [1.165, 1.54) is 29.9 Å². The van der Waals surface area contributed by atoms with E-state index in [1.807, 2.05) is 0 Å². The van der Waals surface area contributed by atoms with Crippen molar-refractivity contribution < 1.29 is 14.7 Å². The minimum atomic E-state index is -1.01. The van der Waals surface area contributed by atoms with E-state index in [-0.39, 0.29) is 23.6 Å². The third-order valence-electron chi connectivity index (χ3n) is 4.14. The van der Waals surface area contributed by atoms with Crippen molar-refractivity contribution in [3.05, 3.63) is 24.0 Å². The molecule has 0 unspecified atom stereocenters. The first kappa shape index (κ1) is 14.6. The molecule has 5 heteroatoms. The first-order chi connectivity index (χ1) is 9.50. The average molecular weight is 278 g/mol. The summed E-state index contributed by atoms with van der Waals surface area (Å²) in [5.74, 6) is -1.14. The summed E-state index contributed by atoms with van der Waals surface area (Å²) in [6.07, 6.45) is 7.66. The van der Waals surface area contributed by atoms with Crippen molar-refractivity contribution in [1.29, 1.82) is 0 Å². The summed E-state index contributed by atoms with van der Waals surface area (Å²) in [4.78, 5) is 22.9. The minimum Gasteiger partial charge on any atom is -0.477 e. The van der Waals surface area contributed by atoms with Crippen molar-refractivity contribution in [2.24, 2.45) is 5.41 Å². The van der Waals surface area contributed by atoms with Crippen LogP contribution in [0.1, 0.15) is 49.5 Å². The number of amides is 1. The lowest BCUT2D eigenvalue weighted by atomic mass is 9.76. The van der Waals surface area contributed by atoms with E-state index in [4.69, 9.17) is 5.11 Å². The summed E-state index contributed by atoms with van der Waals surface area (Å²) in [6.45, 7) is 2.95. The molecule has 1 saturated carbocycles. The van der Waals surface area contributed by atoms with Gasteiger partial charge in [0, 0.05) is 12.7 Å². The molecule has 0 bridgehead atoms. The maximum Gasteiger partial charge on any atom is 0.352 e. The van der Waals surface area contributed by atoms with Gasteiger partial charge in [0.05, 0.1) is 0 Å². The molecule has 1 aliphatic rings. The number of nitrogens with zero attached hydrogens (tertiary/aromatic N) is 1. The minimum absolute atomic E-state index is 0.0602.